The SMILES string of the molecule is Cc1ccc(-n2nc(CO)c(C(=O)NCc3ccccc3C)n2)cc1C. The molecule has 1 heterocycles. The zero-order chi connectivity index (χ0) is 18.7. The molecule has 1 amide bonds. The highest BCUT2D eigenvalue weighted by Gasteiger charge is 2.19. The summed E-state index contributed by atoms with van der Waals surface area (Å²) < 4.78 is 0. The van der Waals surface area contributed by atoms with Crippen molar-refractivity contribution in [3.63, 3.8) is 0 Å². The summed E-state index contributed by atoms with van der Waals surface area (Å²) in [7, 11) is 0. The molecule has 0 aliphatic rings. The van der Waals surface area contributed by atoms with Crippen LogP contribution in [0.5, 0.6) is 0 Å². The number of carbonyl (C=O) groups excluding carboxylic acids is 1. The molecule has 6 nitrogen and oxygen atoms in total. The molecular weight excluding hydrogens is 328 g/mol. The van der Waals surface area contributed by atoms with Crippen LogP contribution >= 0.6 is 0 Å². The number of rotatable bonds is 5. The Kier molecular flexibility index (Phi) is 5.14. The van der Waals surface area contributed by atoms with Gasteiger partial charge < -0.3 is 10.4 Å². The van der Waals surface area contributed by atoms with E-state index < -0.39 is 0 Å². The van der Waals surface area contributed by atoms with Crippen LogP contribution in [0.1, 0.15) is 38.4 Å². The minimum atomic E-state index is -0.354. The number of carbonyl (C=O) groups is 1. The van der Waals surface area contributed by atoms with Gasteiger partial charge in [-0.25, -0.2) is 0 Å². The fraction of sp³-hybridized carbons (Fsp3) is 0.250. The number of aryl methyl sites for hydroxylation is 3. The van der Waals surface area contributed by atoms with Gasteiger partial charge in [0.15, 0.2) is 5.69 Å². The quantitative estimate of drug-likeness (QED) is 0.741. The lowest BCUT2D eigenvalue weighted by Crippen LogP contribution is -2.25. The highest BCUT2D eigenvalue weighted by Crippen LogP contribution is 2.14. The topological polar surface area (TPSA) is 80.0 Å². The first-order chi connectivity index (χ1) is 12.5. The number of aliphatic hydroxyl groups excluding tert-OH is 1. The molecule has 0 saturated carbocycles. The molecule has 0 aliphatic heterocycles. The lowest BCUT2D eigenvalue weighted by molar-refractivity contribution is 0.0942. The van der Waals surface area contributed by atoms with Crippen LogP contribution in [0.15, 0.2) is 42.5 Å². The average molecular weight is 350 g/mol. The molecule has 6 heteroatoms. The zero-order valence-electron chi connectivity index (χ0n) is 15.2. The highest BCUT2D eigenvalue weighted by molar-refractivity contribution is 5.93. The normalized spacial score (nSPS) is 10.8. The summed E-state index contributed by atoms with van der Waals surface area (Å²) in [5, 5.41) is 21.0. The molecule has 0 aliphatic carbocycles. The molecule has 0 fully saturated rings. The predicted octanol–water partition coefficient (Wildman–Crippen LogP) is 2.61. The zero-order valence-corrected chi connectivity index (χ0v) is 15.2. The number of aromatic nitrogens is 3. The second-order valence-electron chi connectivity index (χ2n) is 6.32. The summed E-state index contributed by atoms with van der Waals surface area (Å²) in [5.41, 5.74) is 5.56. The number of nitrogens with one attached hydrogen (secondary N) is 1. The maximum absolute atomic E-state index is 12.5. The Hall–Kier alpha value is -2.99. The van der Waals surface area contributed by atoms with Gasteiger partial charge in [0.1, 0.15) is 5.69 Å². The molecular formula is C20H22N4O2. The maximum Gasteiger partial charge on any atom is 0.274 e. The van der Waals surface area contributed by atoms with Crippen molar-refractivity contribution < 1.29 is 9.90 Å². The average Bonchev–Trinajstić information content (AvgIpc) is 3.07. The first kappa shape index (κ1) is 17.8. The highest BCUT2D eigenvalue weighted by atomic mass is 16.3. The van der Waals surface area contributed by atoms with Crippen LogP contribution in [0, 0.1) is 20.8 Å². The van der Waals surface area contributed by atoms with Crippen LogP contribution in [0.3, 0.4) is 0 Å². The van der Waals surface area contributed by atoms with Gasteiger partial charge in [0.2, 0.25) is 0 Å². The molecule has 0 spiro atoms. The van der Waals surface area contributed by atoms with Crippen molar-refractivity contribution in [2.45, 2.75) is 33.9 Å². The van der Waals surface area contributed by atoms with E-state index in [0.717, 1.165) is 22.4 Å². The van der Waals surface area contributed by atoms with Crippen LogP contribution in [0.4, 0.5) is 0 Å². The predicted molar refractivity (Wildman–Crippen MR) is 99.1 cm³/mol. The van der Waals surface area contributed by atoms with Gasteiger partial charge in [0, 0.05) is 6.54 Å². The van der Waals surface area contributed by atoms with Gasteiger partial charge in [0.25, 0.3) is 5.91 Å². The summed E-state index contributed by atoms with van der Waals surface area (Å²) in [6.45, 7) is 6.08. The van der Waals surface area contributed by atoms with Crippen molar-refractivity contribution in [1.29, 1.82) is 0 Å². The van der Waals surface area contributed by atoms with E-state index in [9.17, 15) is 9.90 Å². The third kappa shape index (κ3) is 3.65. The van der Waals surface area contributed by atoms with E-state index in [0.29, 0.717) is 6.54 Å². The smallest absolute Gasteiger partial charge is 0.274 e. The lowest BCUT2D eigenvalue weighted by Gasteiger charge is -2.07. The molecule has 0 saturated heterocycles. The number of nitrogens with zero attached hydrogens (tertiary/aromatic N) is 3. The lowest BCUT2D eigenvalue weighted by atomic mass is 10.1. The second-order valence-corrected chi connectivity index (χ2v) is 6.32. The van der Waals surface area contributed by atoms with Crippen molar-refractivity contribution in [3.05, 3.63) is 76.1 Å². The molecule has 0 bridgehead atoms. The van der Waals surface area contributed by atoms with Crippen molar-refractivity contribution in [3.8, 4) is 5.69 Å². The molecule has 3 aromatic rings. The Morgan fingerprint density at radius 2 is 1.81 bits per heavy atom. The first-order valence-corrected chi connectivity index (χ1v) is 8.47. The molecule has 2 N–H and O–H groups in total. The van der Waals surface area contributed by atoms with E-state index in [1.807, 2.05) is 63.2 Å². The monoisotopic (exact) mass is 350 g/mol. The fourth-order valence-electron chi connectivity index (χ4n) is 2.65. The molecule has 0 unspecified atom stereocenters. The first-order valence-electron chi connectivity index (χ1n) is 8.47. The molecule has 3 rings (SSSR count). The summed E-state index contributed by atoms with van der Waals surface area (Å²) in [5.74, 6) is -0.354. The van der Waals surface area contributed by atoms with Gasteiger partial charge in [0.05, 0.1) is 12.3 Å². The van der Waals surface area contributed by atoms with Crippen LogP contribution in [-0.2, 0) is 13.2 Å². The van der Waals surface area contributed by atoms with E-state index >= 15 is 0 Å². The van der Waals surface area contributed by atoms with Crippen molar-refractivity contribution in [2.75, 3.05) is 0 Å². The van der Waals surface area contributed by atoms with E-state index in [1.165, 1.54) is 10.4 Å². The maximum atomic E-state index is 12.5. The summed E-state index contributed by atoms with van der Waals surface area (Å²) >= 11 is 0. The van der Waals surface area contributed by atoms with E-state index in [-0.39, 0.29) is 23.9 Å². The van der Waals surface area contributed by atoms with Gasteiger partial charge in [-0.3, -0.25) is 4.79 Å². The summed E-state index contributed by atoms with van der Waals surface area (Å²) in [6, 6.07) is 13.7. The van der Waals surface area contributed by atoms with Crippen LogP contribution in [0.2, 0.25) is 0 Å². The minimum Gasteiger partial charge on any atom is -0.390 e. The van der Waals surface area contributed by atoms with Gasteiger partial charge >= 0.3 is 0 Å². The molecule has 0 radical (unpaired) electrons. The second kappa shape index (κ2) is 7.49. The largest absolute Gasteiger partial charge is 0.390 e. The van der Waals surface area contributed by atoms with Crippen molar-refractivity contribution >= 4 is 5.91 Å². The number of hydrogen-bond acceptors (Lipinski definition) is 4. The Balaban J connectivity index is 1.83. The molecule has 0 atom stereocenters. The van der Waals surface area contributed by atoms with Gasteiger partial charge in [-0.2, -0.15) is 4.80 Å². The minimum absolute atomic E-state index is 0.138. The summed E-state index contributed by atoms with van der Waals surface area (Å²) in [6.07, 6.45) is 0. The Morgan fingerprint density at radius 1 is 1.04 bits per heavy atom. The van der Waals surface area contributed by atoms with Crippen molar-refractivity contribution in [2.24, 2.45) is 0 Å². The summed E-state index contributed by atoms with van der Waals surface area (Å²) in [4.78, 5) is 13.9. The standard InChI is InChI=1S/C20H22N4O2/c1-13-8-9-17(10-15(13)3)24-22-18(12-25)19(23-24)20(26)21-11-16-7-5-4-6-14(16)2/h4-10,25H,11-12H2,1-3H3,(H,21,26). The van der Waals surface area contributed by atoms with Crippen molar-refractivity contribution in [1.82, 2.24) is 20.3 Å². The Morgan fingerprint density at radius 3 is 2.50 bits per heavy atom. The molecule has 134 valence electrons. The Labute approximate surface area is 152 Å². The van der Waals surface area contributed by atoms with Crippen LogP contribution < -0.4 is 5.32 Å². The van der Waals surface area contributed by atoms with E-state index in [4.69, 9.17) is 0 Å². The van der Waals surface area contributed by atoms with E-state index in [2.05, 4.69) is 15.5 Å². The number of aliphatic hydroxyl groups is 1. The van der Waals surface area contributed by atoms with Crippen LogP contribution in [0.25, 0.3) is 5.69 Å². The van der Waals surface area contributed by atoms with Gasteiger partial charge in [-0.1, -0.05) is 30.3 Å². The number of amides is 1. The fourth-order valence-corrected chi connectivity index (χ4v) is 2.65. The van der Waals surface area contributed by atoms with E-state index in [1.54, 1.807) is 0 Å². The van der Waals surface area contributed by atoms with Gasteiger partial charge in [-0.05, 0) is 55.2 Å². The molecule has 1 aromatic heterocycles. The third-order valence-corrected chi connectivity index (χ3v) is 4.47. The number of benzene rings is 2. The molecule has 2 aromatic carbocycles. The molecule has 26 heavy (non-hydrogen) atoms. The number of hydrogen-bond donors (Lipinski definition) is 2. The van der Waals surface area contributed by atoms with Gasteiger partial charge in [-0.15, -0.1) is 10.2 Å². The van der Waals surface area contributed by atoms with Crippen LogP contribution in [-0.4, -0.2) is 26.0 Å². The Bertz CT molecular complexity index is 947. The third-order valence-electron chi connectivity index (χ3n) is 4.47.